The molecule has 3 aromatic rings. The molecular weight excluding hydrogens is 771 g/mol. The van der Waals surface area contributed by atoms with E-state index < -0.39 is 30.5 Å². The minimum Gasteiger partial charge on any atom is -0.458 e. The first-order valence-corrected chi connectivity index (χ1v) is 22.6. The summed E-state index contributed by atoms with van der Waals surface area (Å²) in [6.45, 7) is 2.74. The van der Waals surface area contributed by atoms with Crippen molar-refractivity contribution in [1.29, 1.82) is 0 Å². The summed E-state index contributed by atoms with van der Waals surface area (Å²) in [7, 11) is 2.84. The molecule has 0 spiro atoms. The largest absolute Gasteiger partial charge is 0.509 e. The highest BCUT2D eigenvalue weighted by Crippen LogP contribution is 2.36. The molecule has 15 heteroatoms. The van der Waals surface area contributed by atoms with Crippen molar-refractivity contribution in [3.05, 3.63) is 75.6 Å². The summed E-state index contributed by atoms with van der Waals surface area (Å²) in [6, 6.07) is 11.4. The highest BCUT2D eigenvalue weighted by atomic mass is 33.1. The lowest BCUT2D eigenvalue weighted by atomic mass is 10.00. The number of carbonyl (C=O) groups is 3. The summed E-state index contributed by atoms with van der Waals surface area (Å²) in [5.41, 5.74) is 3.04. The second kappa shape index (κ2) is 24.0. The third-order valence-electron chi connectivity index (χ3n) is 9.83. The van der Waals surface area contributed by atoms with Crippen LogP contribution in [0.15, 0.2) is 53.3 Å². The van der Waals surface area contributed by atoms with Crippen molar-refractivity contribution >= 4 is 50.8 Å². The third-order valence-corrected chi connectivity index (χ3v) is 12.2. The van der Waals surface area contributed by atoms with Crippen molar-refractivity contribution in [2.75, 3.05) is 31.3 Å². The second-order valence-electron chi connectivity index (χ2n) is 14.1. The van der Waals surface area contributed by atoms with Crippen molar-refractivity contribution < 1.29 is 42.9 Å². The van der Waals surface area contributed by atoms with E-state index in [4.69, 9.17) is 34.6 Å². The smallest absolute Gasteiger partial charge is 0.458 e. The Morgan fingerprint density at radius 1 is 0.930 bits per heavy atom. The van der Waals surface area contributed by atoms with Gasteiger partial charge in [-0.05, 0) is 37.1 Å². The highest BCUT2D eigenvalue weighted by Gasteiger charge is 2.38. The van der Waals surface area contributed by atoms with Crippen LogP contribution < -0.4 is 11.5 Å². The Balaban J connectivity index is 0.951. The number of nitrogens with zero attached hydrogens (tertiary/aromatic N) is 2. The molecule has 2 aromatic heterocycles. The van der Waals surface area contributed by atoms with E-state index in [2.05, 4.69) is 11.8 Å². The van der Waals surface area contributed by atoms with E-state index >= 15 is 0 Å². The molecule has 0 aliphatic carbocycles. The number of para-hydroxylation sites is 1. The molecule has 4 heterocycles. The monoisotopic (exact) mass is 825 g/mol. The number of cyclic esters (lactones) is 1. The number of rotatable bonds is 25. The fourth-order valence-electron chi connectivity index (χ4n) is 6.85. The van der Waals surface area contributed by atoms with Gasteiger partial charge in [0.25, 0.3) is 5.56 Å². The fourth-order valence-corrected chi connectivity index (χ4v) is 8.50. The molecule has 2 unspecified atom stereocenters. The summed E-state index contributed by atoms with van der Waals surface area (Å²) >= 11 is 0. The number of aromatic nitrogens is 2. The molecule has 310 valence electrons. The van der Waals surface area contributed by atoms with Crippen molar-refractivity contribution in [2.45, 2.75) is 116 Å². The standard InChI is InChI=1S/C42H55N3O10S2/c1-2-3-4-5-6-7-8-9-10-11-12-13-14-18-32(20-21-53-43)54-41(48)50-22-24-56-57-25-23-51-42(49)55-38-33-27-36-37-31(26-30-17-15-16-19-35(30)44-37)28-45(36)39(46)34(33)29-52-40(38)47/h14-19,26-27,32,38H,2-13,20-25,28-29,43H2,1H3/b18-14+. The Hall–Kier alpha value is -4.05. The lowest BCUT2D eigenvalue weighted by Gasteiger charge is -2.24. The zero-order valence-electron chi connectivity index (χ0n) is 32.8. The van der Waals surface area contributed by atoms with Crippen molar-refractivity contribution in [3.8, 4) is 11.4 Å². The lowest BCUT2D eigenvalue weighted by Crippen LogP contribution is -2.34. The predicted molar refractivity (Wildman–Crippen MR) is 222 cm³/mol. The van der Waals surface area contributed by atoms with Crippen LogP contribution in [-0.4, -0.2) is 65.3 Å². The van der Waals surface area contributed by atoms with Gasteiger partial charge in [-0.2, -0.15) is 0 Å². The van der Waals surface area contributed by atoms with Crippen LogP contribution in [0.3, 0.4) is 0 Å². The maximum Gasteiger partial charge on any atom is 0.509 e. The molecular formula is C42H55N3O10S2. The van der Waals surface area contributed by atoms with E-state index in [9.17, 15) is 19.2 Å². The van der Waals surface area contributed by atoms with Crippen LogP contribution in [0, 0.1) is 0 Å². The van der Waals surface area contributed by atoms with Crippen LogP contribution in [0.4, 0.5) is 9.59 Å². The van der Waals surface area contributed by atoms with Gasteiger partial charge >= 0.3 is 18.3 Å². The van der Waals surface area contributed by atoms with Gasteiger partial charge < -0.3 is 33.1 Å². The summed E-state index contributed by atoms with van der Waals surface area (Å²) < 4.78 is 28.1. The van der Waals surface area contributed by atoms with Gasteiger partial charge in [0.1, 0.15) is 25.9 Å². The maximum absolute atomic E-state index is 13.5. The average Bonchev–Trinajstić information content (AvgIpc) is 3.57. The Morgan fingerprint density at radius 2 is 1.61 bits per heavy atom. The molecule has 0 amide bonds. The quantitative estimate of drug-likeness (QED) is 0.0168. The molecule has 0 saturated heterocycles. The number of benzene rings is 1. The molecule has 0 bridgehead atoms. The number of hydrogen-bond acceptors (Lipinski definition) is 14. The van der Waals surface area contributed by atoms with Gasteiger partial charge in [-0.25, -0.2) is 25.3 Å². The molecule has 2 aliphatic heterocycles. The summed E-state index contributed by atoms with van der Waals surface area (Å²) in [4.78, 5) is 60.6. The Morgan fingerprint density at radius 3 is 2.33 bits per heavy atom. The van der Waals surface area contributed by atoms with Gasteiger partial charge in [0.15, 0.2) is 0 Å². The first kappa shape index (κ1) is 44.1. The van der Waals surface area contributed by atoms with Crippen LogP contribution in [0.1, 0.15) is 113 Å². The van der Waals surface area contributed by atoms with Crippen molar-refractivity contribution in [1.82, 2.24) is 9.55 Å². The number of allylic oxidation sites excluding steroid dienone is 1. The SMILES string of the molecule is CCCCCCCCCCCCC/C=C/C(CCON)OC(=O)OCCSSCCOC(=O)OC1C(=O)OCc2c1cc1n(c2=O)Cc2cc3ccccc3nc2-1. The van der Waals surface area contributed by atoms with Crippen LogP contribution in [-0.2, 0) is 46.5 Å². The molecule has 2 atom stereocenters. The number of carbonyl (C=O) groups excluding carboxylic acids is 3. The van der Waals surface area contributed by atoms with Gasteiger partial charge in [0, 0.05) is 34.4 Å². The van der Waals surface area contributed by atoms with E-state index in [-0.39, 0.29) is 43.1 Å². The van der Waals surface area contributed by atoms with E-state index in [0.29, 0.717) is 35.9 Å². The van der Waals surface area contributed by atoms with Gasteiger partial charge in [-0.3, -0.25) is 4.79 Å². The van der Waals surface area contributed by atoms with E-state index in [1.165, 1.54) is 85.8 Å². The second-order valence-corrected chi connectivity index (χ2v) is 16.8. The zero-order chi connectivity index (χ0) is 40.2. The fraction of sp³-hybridized carbons (Fsp3) is 0.548. The minimum absolute atomic E-state index is 0.00165. The summed E-state index contributed by atoms with van der Waals surface area (Å²) in [5, 5.41) is 0.959. The van der Waals surface area contributed by atoms with E-state index in [1.54, 1.807) is 10.6 Å². The minimum atomic E-state index is -1.45. The molecule has 57 heavy (non-hydrogen) atoms. The third kappa shape index (κ3) is 13.5. The van der Waals surface area contributed by atoms with Gasteiger partial charge in [-0.1, -0.05) is 117 Å². The lowest BCUT2D eigenvalue weighted by molar-refractivity contribution is -0.159. The topological polar surface area (TPSA) is 168 Å². The van der Waals surface area contributed by atoms with Gasteiger partial charge in [-0.15, -0.1) is 0 Å². The first-order valence-electron chi connectivity index (χ1n) is 20.1. The molecule has 0 radical (unpaired) electrons. The number of hydrogen-bond donors (Lipinski definition) is 1. The number of ether oxygens (including phenoxy) is 5. The summed E-state index contributed by atoms with van der Waals surface area (Å²) in [5.74, 6) is 5.30. The number of esters is 1. The summed E-state index contributed by atoms with van der Waals surface area (Å²) in [6.07, 6.45) is 15.7. The maximum atomic E-state index is 13.5. The first-order chi connectivity index (χ1) is 27.9. The average molecular weight is 826 g/mol. The Kier molecular flexibility index (Phi) is 18.6. The predicted octanol–water partition coefficient (Wildman–Crippen LogP) is 9.12. The number of unbranched alkanes of at least 4 members (excludes halogenated alkanes) is 11. The van der Waals surface area contributed by atoms with E-state index in [1.807, 2.05) is 42.5 Å². The van der Waals surface area contributed by atoms with Crippen LogP contribution in [0.25, 0.3) is 22.3 Å². The van der Waals surface area contributed by atoms with Crippen molar-refractivity contribution in [2.24, 2.45) is 5.90 Å². The molecule has 2 aliphatic rings. The van der Waals surface area contributed by atoms with Crippen LogP contribution in [0.2, 0.25) is 0 Å². The number of nitrogens with two attached hydrogens (primary N) is 1. The molecule has 2 N–H and O–H groups in total. The number of pyridine rings is 2. The Labute approximate surface area is 342 Å². The van der Waals surface area contributed by atoms with Crippen molar-refractivity contribution in [3.63, 3.8) is 0 Å². The molecule has 0 fully saturated rings. The molecule has 5 rings (SSSR count). The normalized spacial score (nSPS) is 14.8. The van der Waals surface area contributed by atoms with Gasteiger partial charge in [0.05, 0.1) is 35.6 Å². The molecule has 13 nitrogen and oxygen atoms in total. The highest BCUT2D eigenvalue weighted by molar-refractivity contribution is 8.76. The molecule has 0 saturated carbocycles. The van der Waals surface area contributed by atoms with Crippen LogP contribution in [0.5, 0.6) is 0 Å². The van der Waals surface area contributed by atoms with E-state index in [0.717, 1.165) is 29.3 Å². The Bertz CT molecular complexity index is 1870. The number of fused-ring (bicyclic) bond motifs is 5. The molecule has 1 aromatic carbocycles. The zero-order valence-corrected chi connectivity index (χ0v) is 34.4. The van der Waals surface area contributed by atoms with Gasteiger partial charge in [0.2, 0.25) is 6.10 Å². The van der Waals surface area contributed by atoms with Crippen LogP contribution >= 0.6 is 21.6 Å².